The Kier molecular flexibility index (Phi) is 24.7. The van der Waals surface area contributed by atoms with Crippen molar-refractivity contribution < 1.29 is 28.4 Å². The van der Waals surface area contributed by atoms with Crippen LogP contribution in [-0.4, -0.2) is 56.7 Å². The molecule has 0 aliphatic carbocycles. The van der Waals surface area contributed by atoms with Crippen molar-refractivity contribution in [3.8, 4) is 0 Å². The van der Waals surface area contributed by atoms with Gasteiger partial charge in [0.1, 0.15) is 5.78 Å². The molecule has 0 radical (unpaired) electrons. The molecule has 2 N–H and O–H groups in total. The van der Waals surface area contributed by atoms with Gasteiger partial charge in [-0.15, -0.1) is 0 Å². The van der Waals surface area contributed by atoms with E-state index in [9.17, 15) is 9.69 Å². The molecule has 2 unspecified atom stereocenters. The molecule has 1 aliphatic rings. The van der Waals surface area contributed by atoms with Crippen LogP contribution < -0.4 is 4.90 Å². The lowest BCUT2D eigenvalue weighted by molar-refractivity contribution is -0.887. The van der Waals surface area contributed by atoms with E-state index in [0.29, 0.717) is 26.2 Å². The maximum absolute atomic E-state index is 11.6. The highest BCUT2D eigenvalue weighted by Crippen LogP contribution is 2.33. The Morgan fingerprint density at radius 3 is 1.84 bits per heavy atom. The zero-order valence-corrected chi connectivity index (χ0v) is 25.4. The largest absolute Gasteiger partial charge is 0.381 e. The number of Topliss-reactive ketones (excluding diaryl/α,β-unsaturated/α-hetero) is 1. The van der Waals surface area contributed by atoms with Gasteiger partial charge >= 0.3 is 8.60 Å². The Morgan fingerprint density at radius 2 is 1.30 bits per heavy atom. The molecule has 1 saturated heterocycles. The molecule has 0 saturated carbocycles. The first-order valence-electron chi connectivity index (χ1n) is 15.8. The van der Waals surface area contributed by atoms with Crippen LogP contribution in [0.15, 0.2) is 0 Å². The number of likely N-dealkylation sites (tertiary alicyclic amines) is 1. The van der Waals surface area contributed by atoms with E-state index in [1.165, 1.54) is 116 Å². The van der Waals surface area contributed by atoms with Crippen molar-refractivity contribution in [2.45, 2.75) is 136 Å². The van der Waals surface area contributed by atoms with Crippen molar-refractivity contribution in [1.82, 2.24) is 0 Å². The van der Waals surface area contributed by atoms with Gasteiger partial charge in [-0.3, -0.25) is 0 Å². The fourth-order valence-electron chi connectivity index (χ4n) is 5.19. The van der Waals surface area contributed by atoms with E-state index in [4.69, 9.17) is 13.8 Å². The monoisotopic (exact) mass is 546 g/mol. The standard InChI is InChI=1S/C30H60NO5P/c1-3-4-5-6-7-8-9-10-11-12-13-14-15-16-19-24-34-27-30(26-29(2)32)28-36-37(33)35-25-20-23-31-21-17-18-22-31/h30,33H,3-28H2,1-2H3/p+1. The number of quaternary nitrogens is 1. The number of carbonyl (C=O) groups excluding carboxylic acids is 1. The molecule has 6 nitrogen and oxygen atoms in total. The van der Waals surface area contributed by atoms with Gasteiger partial charge in [-0.2, -0.15) is 0 Å². The Morgan fingerprint density at radius 1 is 0.757 bits per heavy atom. The number of nitrogens with one attached hydrogen (secondary N) is 1. The predicted molar refractivity (Wildman–Crippen MR) is 155 cm³/mol. The highest BCUT2D eigenvalue weighted by Gasteiger charge is 2.17. The summed E-state index contributed by atoms with van der Waals surface area (Å²) in [6, 6.07) is 0. The van der Waals surface area contributed by atoms with Crippen LogP contribution in [0, 0.1) is 5.92 Å². The number of carbonyl (C=O) groups is 1. The summed E-state index contributed by atoms with van der Waals surface area (Å²) in [6.07, 6.45) is 24.3. The van der Waals surface area contributed by atoms with Crippen LogP contribution in [0.4, 0.5) is 0 Å². The van der Waals surface area contributed by atoms with Gasteiger partial charge in [0, 0.05) is 38.2 Å². The van der Waals surface area contributed by atoms with E-state index in [0.717, 1.165) is 26.0 Å². The molecular weight excluding hydrogens is 485 g/mol. The van der Waals surface area contributed by atoms with Crippen LogP contribution in [0.3, 0.4) is 0 Å². The molecule has 220 valence electrons. The summed E-state index contributed by atoms with van der Waals surface area (Å²) in [7, 11) is -1.88. The smallest absolute Gasteiger partial charge is 0.329 e. The lowest BCUT2D eigenvalue weighted by Gasteiger charge is -2.18. The van der Waals surface area contributed by atoms with Gasteiger partial charge in [0.2, 0.25) is 0 Å². The van der Waals surface area contributed by atoms with Crippen LogP contribution in [-0.2, 0) is 18.6 Å². The molecule has 1 rings (SSSR count). The average molecular weight is 547 g/mol. The molecule has 7 heteroatoms. The van der Waals surface area contributed by atoms with Crippen LogP contribution in [0.1, 0.15) is 136 Å². The zero-order valence-electron chi connectivity index (χ0n) is 24.5. The molecule has 0 spiro atoms. The Hall–Kier alpha value is -0.100. The number of ketones is 1. The number of ether oxygens (including phenoxy) is 1. The molecule has 37 heavy (non-hydrogen) atoms. The van der Waals surface area contributed by atoms with E-state index >= 15 is 0 Å². The zero-order chi connectivity index (χ0) is 26.8. The highest BCUT2D eigenvalue weighted by atomic mass is 31.2. The first kappa shape index (κ1) is 34.9. The predicted octanol–water partition coefficient (Wildman–Crippen LogP) is 6.79. The van der Waals surface area contributed by atoms with Crippen LogP contribution >= 0.6 is 8.60 Å². The number of unbranched alkanes of at least 4 members (excludes halogenated alkanes) is 14. The minimum Gasteiger partial charge on any atom is -0.381 e. The van der Waals surface area contributed by atoms with Gasteiger partial charge in [-0.05, 0) is 13.3 Å². The van der Waals surface area contributed by atoms with Crippen molar-refractivity contribution in [3.05, 3.63) is 0 Å². The number of hydrogen-bond acceptors (Lipinski definition) is 5. The minimum absolute atomic E-state index is 0.0244. The Bertz CT molecular complexity index is 504. The molecular formula is C30H61NO5P+. The lowest BCUT2D eigenvalue weighted by atomic mass is 10.0. The maximum Gasteiger partial charge on any atom is 0.329 e. The van der Waals surface area contributed by atoms with Gasteiger partial charge in [-0.25, -0.2) is 0 Å². The Balaban J connectivity index is 1.91. The van der Waals surface area contributed by atoms with E-state index in [-0.39, 0.29) is 11.7 Å². The third kappa shape index (κ3) is 23.5. The van der Waals surface area contributed by atoms with Gasteiger partial charge in [0.25, 0.3) is 0 Å². The van der Waals surface area contributed by atoms with Gasteiger partial charge < -0.3 is 28.4 Å². The summed E-state index contributed by atoms with van der Waals surface area (Å²) in [5.74, 6) is 0.101. The fraction of sp³-hybridized carbons (Fsp3) is 0.967. The summed E-state index contributed by atoms with van der Waals surface area (Å²) >= 11 is 0. The molecule has 1 fully saturated rings. The first-order chi connectivity index (χ1) is 18.1. The second-order valence-corrected chi connectivity index (χ2v) is 12.2. The van der Waals surface area contributed by atoms with Gasteiger partial charge in [0.15, 0.2) is 0 Å². The molecule has 0 aromatic rings. The average Bonchev–Trinajstić information content (AvgIpc) is 3.40. The van der Waals surface area contributed by atoms with Crippen molar-refractivity contribution >= 4 is 14.4 Å². The molecule has 1 heterocycles. The Labute approximate surface area is 230 Å². The number of hydrogen-bond donors (Lipinski definition) is 2. The normalized spacial score (nSPS) is 15.9. The van der Waals surface area contributed by atoms with E-state index in [1.807, 2.05) is 0 Å². The first-order valence-corrected chi connectivity index (χ1v) is 16.9. The second-order valence-electron chi connectivity index (χ2n) is 11.2. The summed E-state index contributed by atoms with van der Waals surface area (Å²) in [6.45, 7) is 9.56. The molecule has 0 aromatic heterocycles. The topological polar surface area (TPSA) is 69.4 Å². The van der Waals surface area contributed by atoms with E-state index in [2.05, 4.69) is 6.92 Å². The van der Waals surface area contributed by atoms with Crippen molar-refractivity contribution in [2.75, 3.05) is 46.1 Å². The summed E-state index contributed by atoms with van der Waals surface area (Å²) in [5, 5.41) is 0. The molecule has 0 amide bonds. The molecule has 2 atom stereocenters. The fourth-order valence-corrected chi connectivity index (χ4v) is 5.89. The summed E-state index contributed by atoms with van der Waals surface area (Å²) < 4.78 is 16.8. The van der Waals surface area contributed by atoms with E-state index in [1.54, 1.807) is 11.8 Å². The quantitative estimate of drug-likeness (QED) is 0.0835. The SMILES string of the molecule is CCCCCCCCCCCCCCCCCOCC(COP(O)OCCC[NH+]1CCCC1)CC(C)=O. The summed E-state index contributed by atoms with van der Waals surface area (Å²) in [4.78, 5) is 23.3. The van der Waals surface area contributed by atoms with Crippen molar-refractivity contribution in [3.63, 3.8) is 0 Å². The van der Waals surface area contributed by atoms with Crippen LogP contribution in [0.25, 0.3) is 0 Å². The van der Waals surface area contributed by atoms with E-state index < -0.39 is 8.60 Å². The number of rotatable bonds is 28. The van der Waals surface area contributed by atoms with Crippen LogP contribution in [0.2, 0.25) is 0 Å². The maximum atomic E-state index is 11.6. The highest BCUT2D eigenvalue weighted by molar-refractivity contribution is 7.40. The second kappa shape index (κ2) is 26.1. The third-order valence-electron chi connectivity index (χ3n) is 7.43. The molecule has 1 aliphatic heterocycles. The van der Waals surface area contributed by atoms with Gasteiger partial charge in [0.05, 0.1) is 39.5 Å². The minimum atomic E-state index is -1.88. The van der Waals surface area contributed by atoms with Crippen LogP contribution in [0.5, 0.6) is 0 Å². The van der Waals surface area contributed by atoms with Gasteiger partial charge in [-0.1, -0.05) is 96.8 Å². The van der Waals surface area contributed by atoms with Crippen molar-refractivity contribution in [2.24, 2.45) is 5.92 Å². The molecule has 0 aromatic carbocycles. The third-order valence-corrected chi connectivity index (χ3v) is 8.20. The van der Waals surface area contributed by atoms with Crippen molar-refractivity contribution in [1.29, 1.82) is 0 Å². The molecule has 0 bridgehead atoms. The lowest BCUT2D eigenvalue weighted by Crippen LogP contribution is -3.10. The summed E-state index contributed by atoms with van der Waals surface area (Å²) in [5.41, 5.74) is 0.